The number of rotatable bonds is 4. The number of hydrogen-bond acceptors (Lipinski definition) is 2. The van der Waals surface area contributed by atoms with Crippen LogP contribution in [-0.2, 0) is 11.3 Å². The van der Waals surface area contributed by atoms with Crippen molar-refractivity contribution in [2.75, 3.05) is 13.2 Å². The van der Waals surface area contributed by atoms with Crippen LogP contribution in [0.15, 0.2) is 6.33 Å². The SMILES string of the molecule is CCOCCn1cnc(C)c1C. The fourth-order valence-corrected chi connectivity index (χ4v) is 1.08. The van der Waals surface area contributed by atoms with E-state index in [9.17, 15) is 0 Å². The van der Waals surface area contributed by atoms with Gasteiger partial charge >= 0.3 is 0 Å². The summed E-state index contributed by atoms with van der Waals surface area (Å²) >= 11 is 0. The highest BCUT2D eigenvalue weighted by molar-refractivity contribution is 5.08. The molecule has 1 aromatic heterocycles. The van der Waals surface area contributed by atoms with Gasteiger partial charge < -0.3 is 9.30 Å². The predicted molar refractivity (Wildman–Crippen MR) is 48.2 cm³/mol. The van der Waals surface area contributed by atoms with Gasteiger partial charge in [0, 0.05) is 18.8 Å². The third-order valence-corrected chi connectivity index (χ3v) is 2.03. The number of nitrogens with zero attached hydrogens (tertiary/aromatic N) is 2. The van der Waals surface area contributed by atoms with Gasteiger partial charge in [-0.2, -0.15) is 0 Å². The number of aryl methyl sites for hydroxylation is 1. The summed E-state index contributed by atoms with van der Waals surface area (Å²) in [5, 5.41) is 0. The van der Waals surface area contributed by atoms with Crippen LogP contribution in [-0.4, -0.2) is 22.8 Å². The van der Waals surface area contributed by atoms with E-state index < -0.39 is 0 Å². The summed E-state index contributed by atoms with van der Waals surface area (Å²) in [5.41, 5.74) is 2.33. The standard InChI is InChI=1S/C9H16N2O/c1-4-12-6-5-11-7-10-8(2)9(11)3/h7H,4-6H2,1-3H3. The third-order valence-electron chi connectivity index (χ3n) is 2.03. The van der Waals surface area contributed by atoms with Crippen LogP contribution in [0.3, 0.4) is 0 Å². The van der Waals surface area contributed by atoms with Crippen molar-refractivity contribution >= 4 is 0 Å². The molecule has 3 heteroatoms. The Labute approximate surface area is 73.4 Å². The molecule has 1 rings (SSSR count). The van der Waals surface area contributed by atoms with Crippen molar-refractivity contribution in [2.45, 2.75) is 27.3 Å². The topological polar surface area (TPSA) is 27.1 Å². The van der Waals surface area contributed by atoms with Gasteiger partial charge in [0.25, 0.3) is 0 Å². The predicted octanol–water partition coefficient (Wildman–Crippen LogP) is 1.54. The van der Waals surface area contributed by atoms with Crippen LogP contribution in [0.25, 0.3) is 0 Å². The maximum Gasteiger partial charge on any atom is 0.0952 e. The summed E-state index contributed by atoms with van der Waals surface area (Å²) in [6, 6.07) is 0. The molecule has 0 spiro atoms. The van der Waals surface area contributed by atoms with Gasteiger partial charge in [0.1, 0.15) is 0 Å². The second-order valence-electron chi connectivity index (χ2n) is 2.81. The van der Waals surface area contributed by atoms with Crippen molar-refractivity contribution in [3.8, 4) is 0 Å². The van der Waals surface area contributed by atoms with Crippen molar-refractivity contribution < 1.29 is 4.74 Å². The second kappa shape index (κ2) is 4.26. The zero-order chi connectivity index (χ0) is 8.97. The molecule has 68 valence electrons. The van der Waals surface area contributed by atoms with Crippen molar-refractivity contribution in [1.29, 1.82) is 0 Å². The molecule has 0 N–H and O–H groups in total. The van der Waals surface area contributed by atoms with E-state index >= 15 is 0 Å². The molecule has 1 heterocycles. The van der Waals surface area contributed by atoms with Crippen LogP contribution in [0.2, 0.25) is 0 Å². The molecule has 0 aliphatic rings. The number of aromatic nitrogens is 2. The van der Waals surface area contributed by atoms with Crippen LogP contribution in [0.4, 0.5) is 0 Å². The molecule has 0 bridgehead atoms. The third kappa shape index (κ3) is 2.08. The first-order valence-electron chi connectivity index (χ1n) is 4.31. The maximum atomic E-state index is 5.25. The Kier molecular flexibility index (Phi) is 3.29. The molecule has 0 unspecified atom stereocenters. The number of ether oxygens (including phenoxy) is 1. The first kappa shape index (κ1) is 9.26. The van der Waals surface area contributed by atoms with Crippen LogP contribution in [0.1, 0.15) is 18.3 Å². The zero-order valence-corrected chi connectivity index (χ0v) is 8.00. The van der Waals surface area contributed by atoms with Crippen LogP contribution in [0.5, 0.6) is 0 Å². The van der Waals surface area contributed by atoms with Gasteiger partial charge in [-0.15, -0.1) is 0 Å². The van der Waals surface area contributed by atoms with Gasteiger partial charge in [0.2, 0.25) is 0 Å². The van der Waals surface area contributed by atoms with Gasteiger partial charge in [-0.25, -0.2) is 4.98 Å². The van der Waals surface area contributed by atoms with E-state index in [1.165, 1.54) is 5.69 Å². The summed E-state index contributed by atoms with van der Waals surface area (Å²) in [6.07, 6.45) is 1.86. The average molecular weight is 168 g/mol. The highest BCUT2D eigenvalue weighted by atomic mass is 16.5. The smallest absolute Gasteiger partial charge is 0.0952 e. The summed E-state index contributed by atoms with van der Waals surface area (Å²) < 4.78 is 7.37. The Hall–Kier alpha value is -0.830. The molecule has 0 aliphatic carbocycles. The molecule has 0 saturated heterocycles. The van der Waals surface area contributed by atoms with Crippen molar-refractivity contribution in [1.82, 2.24) is 9.55 Å². The first-order valence-corrected chi connectivity index (χ1v) is 4.31. The highest BCUT2D eigenvalue weighted by Crippen LogP contribution is 2.03. The molecule has 0 saturated carbocycles. The summed E-state index contributed by atoms with van der Waals surface area (Å²) in [5.74, 6) is 0. The molecule has 3 nitrogen and oxygen atoms in total. The lowest BCUT2D eigenvalue weighted by Crippen LogP contribution is -2.06. The van der Waals surface area contributed by atoms with Gasteiger partial charge in [0.15, 0.2) is 0 Å². The van der Waals surface area contributed by atoms with Gasteiger partial charge in [0.05, 0.1) is 18.6 Å². The summed E-state index contributed by atoms with van der Waals surface area (Å²) in [6.45, 7) is 8.56. The molecule has 0 aliphatic heterocycles. The van der Waals surface area contributed by atoms with Crippen molar-refractivity contribution in [3.63, 3.8) is 0 Å². The quantitative estimate of drug-likeness (QED) is 0.637. The van der Waals surface area contributed by atoms with E-state index in [1.54, 1.807) is 0 Å². The van der Waals surface area contributed by atoms with E-state index in [0.717, 1.165) is 25.5 Å². The number of imidazole rings is 1. The summed E-state index contributed by atoms with van der Waals surface area (Å²) in [7, 11) is 0. The van der Waals surface area contributed by atoms with Crippen LogP contribution in [0, 0.1) is 13.8 Å². The Balaban J connectivity index is 2.46. The van der Waals surface area contributed by atoms with Crippen LogP contribution >= 0.6 is 0 Å². The van der Waals surface area contributed by atoms with E-state index in [0.29, 0.717) is 0 Å². The van der Waals surface area contributed by atoms with E-state index in [1.807, 2.05) is 20.2 Å². The molecule has 1 aromatic rings. The lowest BCUT2D eigenvalue weighted by molar-refractivity contribution is 0.138. The Morgan fingerprint density at radius 3 is 2.75 bits per heavy atom. The van der Waals surface area contributed by atoms with Crippen molar-refractivity contribution in [2.24, 2.45) is 0 Å². The lowest BCUT2D eigenvalue weighted by Gasteiger charge is -2.04. The minimum Gasteiger partial charge on any atom is -0.380 e. The minimum atomic E-state index is 0.771. The molecular formula is C9H16N2O. The van der Waals surface area contributed by atoms with E-state index in [2.05, 4.69) is 16.5 Å². The first-order chi connectivity index (χ1) is 5.75. The molecule has 0 fully saturated rings. The zero-order valence-electron chi connectivity index (χ0n) is 8.00. The minimum absolute atomic E-state index is 0.771. The maximum absolute atomic E-state index is 5.25. The molecule has 0 atom stereocenters. The monoisotopic (exact) mass is 168 g/mol. The lowest BCUT2D eigenvalue weighted by atomic mass is 10.4. The molecular weight excluding hydrogens is 152 g/mol. The van der Waals surface area contributed by atoms with Gasteiger partial charge in [-0.3, -0.25) is 0 Å². The summed E-state index contributed by atoms with van der Waals surface area (Å²) in [4.78, 5) is 4.20. The second-order valence-corrected chi connectivity index (χ2v) is 2.81. The fraction of sp³-hybridized carbons (Fsp3) is 0.667. The Morgan fingerprint density at radius 1 is 1.50 bits per heavy atom. The van der Waals surface area contributed by atoms with Crippen LogP contribution < -0.4 is 0 Å². The molecule has 0 radical (unpaired) electrons. The largest absolute Gasteiger partial charge is 0.380 e. The van der Waals surface area contributed by atoms with Gasteiger partial charge in [-0.05, 0) is 20.8 Å². The molecule has 12 heavy (non-hydrogen) atoms. The highest BCUT2D eigenvalue weighted by Gasteiger charge is 2.00. The molecule has 0 aromatic carbocycles. The fourth-order valence-electron chi connectivity index (χ4n) is 1.08. The Morgan fingerprint density at radius 2 is 2.25 bits per heavy atom. The number of hydrogen-bond donors (Lipinski definition) is 0. The Bertz CT molecular complexity index is 243. The van der Waals surface area contributed by atoms with E-state index in [-0.39, 0.29) is 0 Å². The normalized spacial score (nSPS) is 10.6. The van der Waals surface area contributed by atoms with Gasteiger partial charge in [-0.1, -0.05) is 0 Å². The van der Waals surface area contributed by atoms with Crippen molar-refractivity contribution in [3.05, 3.63) is 17.7 Å². The average Bonchev–Trinajstić information content (AvgIpc) is 2.36. The van der Waals surface area contributed by atoms with E-state index in [4.69, 9.17) is 4.74 Å². The molecule has 0 amide bonds.